The van der Waals surface area contributed by atoms with Crippen molar-refractivity contribution in [1.82, 2.24) is 15.5 Å². The first-order chi connectivity index (χ1) is 20.2. The van der Waals surface area contributed by atoms with Crippen molar-refractivity contribution < 1.29 is 28.7 Å². The number of hydrogen-bond donors (Lipinski definition) is 3. The first kappa shape index (κ1) is 39.0. The molecule has 1 heterocycles. The van der Waals surface area contributed by atoms with Gasteiger partial charge in [-0.1, -0.05) is 61.8 Å². The van der Waals surface area contributed by atoms with Crippen LogP contribution in [0.3, 0.4) is 0 Å². The molecule has 1 aliphatic rings. The number of carbonyl (C=O) groups excluding carboxylic acids is 4. The highest BCUT2D eigenvalue weighted by Gasteiger charge is 2.41. The third-order valence-corrected chi connectivity index (χ3v) is 9.69. The van der Waals surface area contributed by atoms with Gasteiger partial charge in [0.05, 0.1) is 42.7 Å². The Kier molecular flexibility index (Phi) is 16.9. The maximum absolute atomic E-state index is 13.7. The van der Waals surface area contributed by atoms with Crippen LogP contribution in [0.1, 0.15) is 93.9 Å². The molecule has 0 spiro atoms. The average Bonchev–Trinajstić information content (AvgIpc) is 3.44. The maximum Gasteiger partial charge on any atom is 0.237 e. The van der Waals surface area contributed by atoms with Crippen molar-refractivity contribution in [2.24, 2.45) is 41.2 Å². The standard InChI is InChI=1S/C33H62N4O6/c1-12-21(6)24(16-15-22(7)30(39)28(19(2)3)36-33(41)29(35-9)20(4)5)26(42-10)18-27(38)37-17-13-14-25(37)31(43-11)23(8)32(34)40/h19-26,28-29,31,35H,12-18H2,1-11H3,(H2,34,40)(H,36,41). The fraction of sp³-hybridized carbons (Fsp3) is 0.879. The van der Waals surface area contributed by atoms with Crippen molar-refractivity contribution in [3.63, 3.8) is 0 Å². The van der Waals surface area contributed by atoms with Gasteiger partial charge in [0.1, 0.15) is 0 Å². The molecule has 43 heavy (non-hydrogen) atoms. The monoisotopic (exact) mass is 610 g/mol. The zero-order valence-electron chi connectivity index (χ0n) is 28.8. The molecule has 10 heteroatoms. The average molecular weight is 611 g/mol. The predicted octanol–water partition coefficient (Wildman–Crippen LogP) is 3.55. The van der Waals surface area contributed by atoms with E-state index in [0.717, 1.165) is 25.7 Å². The van der Waals surface area contributed by atoms with E-state index in [-0.39, 0.29) is 71.8 Å². The molecule has 0 aliphatic carbocycles. The largest absolute Gasteiger partial charge is 0.381 e. The van der Waals surface area contributed by atoms with Crippen LogP contribution in [0.2, 0.25) is 0 Å². The number of nitrogens with one attached hydrogen (secondary N) is 2. The van der Waals surface area contributed by atoms with Crippen LogP contribution in [0, 0.1) is 35.5 Å². The van der Waals surface area contributed by atoms with Gasteiger partial charge in [-0.2, -0.15) is 0 Å². The molecule has 250 valence electrons. The van der Waals surface area contributed by atoms with Crippen LogP contribution in [-0.4, -0.2) is 86.6 Å². The van der Waals surface area contributed by atoms with E-state index in [2.05, 4.69) is 24.5 Å². The van der Waals surface area contributed by atoms with Gasteiger partial charge in [0.25, 0.3) is 0 Å². The molecule has 0 aromatic heterocycles. The molecule has 0 aromatic rings. The molecule has 10 nitrogen and oxygen atoms in total. The Morgan fingerprint density at radius 2 is 1.53 bits per heavy atom. The van der Waals surface area contributed by atoms with Gasteiger partial charge in [0.2, 0.25) is 17.7 Å². The SMILES string of the molecule is CCC(C)C(CCC(C)C(=O)C(NC(=O)C(NC)C(C)C)C(C)C)C(CC(=O)N1CCCC1C(OC)C(C)C(N)=O)OC. The summed E-state index contributed by atoms with van der Waals surface area (Å²) in [6.07, 6.45) is 3.32. The number of primary amides is 1. The van der Waals surface area contributed by atoms with Crippen molar-refractivity contribution in [3.8, 4) is 0 Å². The van der Waals surface area contributed by atoms with Crippen LogP contribution < -0.4 is 16.4 Å². The third-order valence-electron chi connectivity index (χ3n) is 9.69. The Bertz CT molecular complexity index is 897. The molecular formula is C33H62N4O6. The minimum absolute atomic E-state index is 0.0164. The van der Waals surface area contributed by atoms with Gasteiger partial charge >= 0.3 is 0 Å². The fourth-order valence-electron chi connectivity index (χ4n) is 6.61. The minimum atomic E-state index is -0.567. The summed E-state index contributed by atoms with van der Waals surface area (Å²) in [5, 5.41) is 6.06. The molecule has 1 fully saturated rings. The summed E-state index contributed by atoms with van der Waals surface area (Å²) in [7, 11) is 4.96. The van der Waals surface area contributed by atoms with E-state index in [1.165, 1.54) is 0 Å². The molecular weight excluding hydrogens is 548 g/mol. The van der Waals surface area contributed by atoms with Crippen molar-refractivity contribution in [2.75, 3.05) is 27.8 Å². The van der Waals surface area contributed by atoms with Crippen LogP contribution >= 0.6 is 0 Å². The number of carbonyl (C=O) groups is 4. The van der Waals surface area contributed by atoms with Gasteiger partial charge in [0, 0.05) is 26.7 Å². The summed E-state index contributed by atoms with van der Waals surface area (Å²) in [5.41, 5.74) is 5.57. The van der Waals surface area contributed by atoms with Crippen LogP contribution in [0.4, 0.5) is 0 Å². The summed E-state index contributed by atoms with van der Waals surface area (Å²) in [5.74, 6) is -0.961. The lowest BCUT2D eigenvalue weighted by molar-refractivity contribution is -0.142. The lowest BCUT2D eigenvalue weighted by Gasteiger charge is -2.36. The second-order valence-electron chi connectivity index (χ2n) is 13.3. The number of nitrogens with two attached hydrogens (primary N) is 1. The highest BCUT2D eigenvalue weighted by Crippen LogP contribution is 2.32. The first-order valence-corrected chi connectivity index (χ1v) is 16.3. The van der Waals surface area contributed by atoms with Crippen molar-refractivity contribution >= 4 is 23.5 Å². The Morgan fingerprint density at radius 3 is 2.00 bits per heavy atom. The van der Waals surface area contributed by atoms with Gasteiger partial charge in [-0.05, 0) is 56.4 Å². The molecule has 1 saturated heterocycles. The van der Waals surface area contributed by atoms with Crippen LogP contribution in [0.5, 0.6) is 0 Å². The summed E-state index contributed by atoms with van der Waals surface area (Å²) in [6, 6.07) is -1.14. The maximum atomic E-state index is 13.7. The topological polar surface area (TPSA) is 140 Å². The fourth-order valence-corrected chi connectivity index (χ4v) is 6.61. The summed E-state index contributed by atoms with van der Waals surface area (Å²) < 4.78 is 11.6. The molecule has 0 aromatic carbocycles. The summed E-state index contributed by atoms with van der Waals surface area (Å²) >= 11 is 0. The Labute approximate surface area is 260 Å². The lowest BCUT2D eigenvalue weighted by Crippen LogP contribution is -2.54. The smallest absolute Gasteiger partial charge is 0.237 e. The Balaban J connectivity index is 3.02. The van der Waals surface area contributed by atoms with Gasteiger partial charge in [-0.3, -0.25) is 19.2 Å². The molecule has 9 atom stereocenters. The minimum Gasteiger partial charge on any atom is -0.381 e. The molecule has 1 aliphatic heterocycles. The molecule has 0 bridgehead atoms. The lowest BCUT2D eigenvalue weighted by atomic mass is 9.79. The third kappa shape index (κ3) is 10.8. The van der Waals surface area contributed by atoms with E-state index in [0.29, 0.717) is 13.0 Å². The highest BCUT2D eigenvalue weighted by molar-refractivity contribution is 5.92. The first-order valence-electron chi connectivity index (χ1n) is 16.3. The molecule has 3 amide bonds. The second-order valence-corrected chi connectivity index (χ2v) is 13.3. The number of Topliss-reactive ketones (excluding diaryl/α,β-unsaturated/α-hetero) is 1. The molecule has 4 N–H and O–H groups in total. The van der Waals surface area contributed by atoms with Gasteiger partial charge < -0.3 is 30.7 Å². The quantitative estimate of drug-likeness (QED) is 0.192. The zero-order valence-corrected chi connectivity index (χ0v) is 28.8. The predicted molar refractivity (Wildman–Crippen MR) is 170 cm³/mol. The molecule has 0 radical (unpaired) electrons. The highest BCUT2D eigenvalue weighted by atomic mass is 16.5. The van der Waals surface area contributed by atoms with Gasteiger partial charge in [-0.25, -0.2) is 0 Å². The molecule has 1 rings (SSSR count). The number of hydrogen-bond acceptors (Lipinski definition) is 7. The Morgan fingerprint density at radius 1 is 0.930 bits per heavy atom. The van der Waals surface area contributed by atoms with Crippen LogP contribution in [0.15, 0.2) is 0 Å². The van der Waals surface area contributed by atoms with Gasteiger partial charge in [-0.15, -0.1) is 0 Å². The van der Waals surface area contributed by atoms with E-state index >= 15 is 0 Å². The Hall–Kier alpha value is -2.04. The van der Waals surface area contributed by atoms with E-state index < -0.39 is 24.0 Å². The second kappa shape index (κ2) is 18.7. The van der Waals surface area contributed by atoms with Crippen LogP contribution in [0.25, 0.3) is 0 Å². The molecule has 9 unspecified atom stereocenters. The van der Waals surface area contributed by atoms with E-state index in [9.17, 15) is 19.2 Å². The number of nitrogens with zero attached hydrogens (tertiary/aromatic N) is 1. The van der Waals surface area contributed by atoms with E-state index in [1.54, 1.807) is 28.2 Å². The zero-order chi connectivity index (χ0) is 33.0. The number of likely N-dealkylation sites (N-methyl/N-ethyl adjacent to an activating group) is 1. The van der Waals surface area contributed by atoms with Crippen molar-refractivity contribution in [1.29, 1.82) is 0 Å². The van der Waals surface area contributed by atoms with E-state index in [1.807, 2.05) is 39.5 Å². The van der Waals surface area contributed by atoms with Crippen molar-refractivity contribution in [3.05, 3.63) is 0 Å². The number of likely N-dealkylation sites (tertiary alicyclic amines) is 1. The summed E-state index contributed by atoms with van der Waals surface area (Å²) in [6.45, 7) is 16.4. The molecule has 0 saturated carbocycles. The number of ether oxygens (including phenoxy) is 2. The van der Waals surface area contributed by atoms with Crippen LogP contribution in [-0.2, 0) is 28.7 Å². The normalized spacial score (nSPS) is 21.1. The van der Waals surface area contributed by atoms with E-state index in [4.69, 9.17) is 15.2 Å². The number of rotatable bonds is 20. The summed E-state index contributed by atoms with van der Waals surface area (Å²) in [4.78, 5) is 54.0. The number of amides is 3. The van der Waals surface area contributed by atoms with Gasteiger partial charge in [0.15, 0.2) is 5.78 Å². The van der Waals surface area contributed by atoms with Crippen molar-refractivity contribution in [2.45, 2.75) is 124 Å². The number of ketones is 1. The number of methoxy groups -OCH3 is 2.